The monoisotopic (exact) mass is 413 g/mol. The summed E-state index contributed by atoms with van der Waals surface area (Å²) in [5.41, 5.74) is 3.15. The molecule has 1 amide bonds. The number of rotatable bonds is 7. The molecule has 5 nitrogen and oxygen atoms in total. The molecule has 0 aliphatic heterocycles. The number of nitrogens with one attached hydrogen (secondary N) is 1. The van der Waals surface area contributed by atoms with Gasteiger partial charge in [-0.25, -0.2) is 8.42 Å². The Morgan fingerprint density at radius 1 is 1.07 bits per heavy atom. The Kier molecular flexibility index (Phi) is 6.13. The van der Waals surface area contributed by atoms with E-state index in [1.165, 1.54) is 5.56 Å². The maximum Gasteiger partial charge on any atom is 0.287 e. The normalized spacial score (nSPS) is 13.0. The Labute approximate surface area is 172 Å². The molecule has 0 saturated heterocycles. The molecule has 2 aromatic carbocycles. The highest BCUT2D eigenvalue weighted by molar-refractivity contribution is 7.89. The van der Waals surface area contributed by atoms with Gasteiger partial charge in [0.05, 0.1) is 11.8 Å². The van der Waals surface area contributed by atoms with Crippen LogP contribution in [-0.4, -0.2) is 20.6 Å². The van der Waals surface area contributed by atoms with Crippen molar-refractivity contribution in [2.24, 2.45) is 5.92 Å². The van der Waals surface area contributed by atoms with E-state index >= 15 is 0 Å². The average Bonchev–Trinajstić information content (AvgIpc) is 3.03. The molecule has 0 fully saturated rings. The van der Waals surface area contributed by atoms with Crippen LogP contribution in [0.2, 0.25) is 0 Å². The van der Waals surface area contributed by atoms with Gasteiger partial charge in [0.15, 0.2) is 15.6 Å². The van der Waals surface area contributed by atoms with Crippen molar-refractivity contribution in [3.8, 4) is 0 Å². The molecule has 0 aliphatic rings. The Hall–Kier alpha value is -2.60. The van der Waals surface area contributed by atoms with Crippen LogP contribution in [0.25, 0.3) is 11.0 Å². The zero-order valence-electron chi connectivity index (χ0n) is 17.2. The summed E-state index contributed by atoms with van der Waals surface area (Å²) >= 11 is 0. The molecule has 0 saturated carbocycles. The van der Waals surface area contributed by atoms with Gasteiger partial charge in [-0.2, -0.15) is 0 Å². The molecule has 6 heteroatoms. The van der Waals surface area contributed by atoms with E-state index in [1.54, 1.807) is 24.3 Å². The predicted octanol–water partition coefficient (Wildman–Crippen LogP) is 4.67. The number of carbonyl (C=O) groups excluding carboxylic acids is 1. The summed E-state index contributed by atoms with van der Waals surface area (Å²) in [6.45, 7) is 6.17. The summed E-state index contributed by atoms with van der Waals surface area (Å²) in [7, 11) is -3.34. The van der Waals surface area contributed by atoms with E-state index in [2.05, 4.69) is 24.4 Å². The number of aryl methyl sites for hydroxylation is 1. The fourth-order valence-corrected chi connectivity index (χ4v) is 4.30. The first-order chi connectivity index (χ1) is 13.7. The fraction of sp³-hybridized carbons (Fsp3) is 0.348. The summed E-state index contributed by atoms with van der Waals surface area (Å²) in [5, 5.41) is 3.70. The fourth-order valence-electron chi connectivity index (χ4n) is 3.49. The van der Waals surface area contributed by atoms with E-state index in [0.29, 0.717) is 16.5 Å². The highest BCUT2D eigenvalue weighted by Crippen LogP contribution is 2.29. The molecule has 3 rings (SSSR count). The molecule has 1 heterocycles. The second-order valence-corrected chi connectivity index (χ2v) is 9.91. The van der Waals surface area contributed by atoms with Crippen LogP contribution in [0.5, 0.6) is 0 Å². The number of para-hydroxylation sites is 1. The Morgan fingerprint density at radius 3 is 2.31 bits per heavy atom. The number of amides is 1. The minimum atomic E-state index is -3.34. The first-order valence-corrected chi connectivity index (χ1v) is 11.8. The molecule has 1 atom stereocenters. The molecule has 154 valence electrons. The number of benzene rings is 2. The van der Waals surface area contributed by atoms with Gasteiger partial charge in [0.25, 0.3) is 5.91 Å². The van der Waals surface area contributed by atoms with Crippen LogP contribution in [0.1, 0.15) is 54.1 Å². The number of fused-ring (bicyclic) bond motifs is 1. The highest BCUT2D eigenvalue weighted by atomic mass is 32.2. The van der Waals surface area contributed by atoms with Gasteiger partial charge < -0.3 is 9.73 Å². The van der Waals surface area contributed by atoms with Crippen LogP contribution in [0.4, 0.5) is 0 Å². The molecule has 0 bridgehead atoms. The maximum atomic E-state index is 13.1. The first-order valence-electron chi connectivity index (χ1n) is 9.77. The Bertz CT molecular complexity index is 1110. The van der Waals surface area contributed by atoms with Crippen molar-refractivity contribution < 1.29 is 17.6 Å². The van der Waals surface area contributed by atoms with E-state index in [-0.39, 0.29) is 23.5 Å². The summed E-state index contributed by atoms with van der Waals surface area (Å²) in [5.74, 6) is -0.440. The third kappa shape index (κ3) is 4.88. The zero-order valence-corrected chi connectivity index (χ0v) is 18.0. The van der Waals surface area contributed by atoms with Gasteiger partial charge in [-0.3, -0.25) is 4.79 Å². The van der Waals surface area contributed by atoms with Crippen LogP contribution in [-0.2, 0) is 22.0 Å². The molecule has 0 radical (unpaired) electrons. The smallest absolute Gasteiger partial charge is 0.287 e. The molecular weight excluding hydrogens is 386 g/mol. The van der Waals surface area contributed by atoms with Crippen LogP contribution < -0.4 is 5.32 Å². The molecule has 3 aromatic rings. The van der Waals surface area contributed by atoms with Crippen molar-refractivity contribution in [2.45, 2.75) is 39.0 Å². The van der Waals surface area contributed by atoms with Crippen LogP contribution in [0.15, 0.2) is 52.9 Å². The summed E-state index contributed by atoms with van der Waals surface area (Å²) in [6, 6.07) is 15.1. The molecule has 1 unspecified atom stereocenters. The Balaban J connectivity index is 1.97. The zero-order chi connectivity index (χ0) is 21.2. The topological polar surface area (TPSA) is 76.4 Å². The van der Waals surface area contributed by atoms with E-state index < -0.39 is 15.7 Å². The van der Waals surface area contributed by atoms with Crippen molar-refractivity contribution in [2.75, 3.05) is 6.26 Å². The second kappa shape index (κ2) is 8.41. The lowest BCUT2D eigenvalue weighted by Gasteiger charge is -2.23. The van der Waals surface area contributed by atoms with Crippen molar-refractivity contribution >= 4 is 26.7 Å². The number of carbonyl (C=O) groups is 1. The molecule has 0 aliphatic carbocycles. The third-order valence-electron chi connectivity index (χ3n) is 5.01. The second-order valence-electron chi connectivity index (χ2n) is 7.77. The van der Waals surface area contributed by atoms with Gasteiger partial charge in [0.2, 0.25) is 0 Å². The minimum absolute atomic E-state index is 0.0625. The van der Waals surface area contributed by atoms with Crippen molar-refractivity contribution in [1.82, 2.24) is 5.32 Å². The lowest BCUT2D eigenvalue weighted by atomic mass is 9.94. The maximum absolute atomic E-state index is 13.1. The number of hydrogen-bond donors (Lipinski definition) is 1. The molecular formula is C23H27NO4S. The minimum Gasteiger partial charge on any atom is -0.451 e. The van der Waals surface area contributed by atoms with Crippen molar-refractivity contribution in [1.29, 1.82) is 0 Å². The lowest BCUT2D eigenvalue weighted by molar-refractivity contribution is 0.0898. The number of sulfone groups is 1. The number of furan rings is 1. The van der Waals surface area contributed by atoms with Gasteiger partial charge in [-0.15, -0.1) is 0 Å². The highest BCUT2D eigenvalue weighted by Gasteiger charge is 2.26. The third-order valence-corrected chi connectivity index (χ3v) is 5.82. The Morgan fingerprint density at radius 2 is 1.72 bits per heavy atom. The molecule has 29 heavy (non-hydrogen) atoms. The van der Waals surface area contributed by atoms with E-state index in [9.17, 15) is 13.2 Å². The van der Waals surface area contributed by atoms with Crippen molar-refractivity contribution in [3.05, 3.63) is 71.0 Å². The van der Waals surface area contributed by atoms with E-state index in [4.69, 9.17) is 4.42 Å². The van der Waals surface area contributed by atoms with Gasteiger partial charge in [0, 0.05) is 17.2 Å². The SMILES string of the molecule is CCc1ccc(C(NC(=O)c2oc3ccccc3c2CS(C)(=O)=O)C(C)C)cc1. The van der Waals surface area contributed by atoms with E-state index in [0.717, 1.165) is 18.2 Å². The van der Waals surface area contributed by atoms with Crippen LogP contribution in [0, 0.1) is 5.92 Å². The summed E-state index contributed by atoms with van der Waals surface area (Å²) in [4.78, 5) is 13.1. The molecule has 0 spiro atoms. The summed E-state index contributed by atoms with van der Waals surface area (Å²) in [6.07, 6.45) is 2.11. The first kappa shape index (κ1) is 21.1. The van der Waals surface area contributed by atoms with Crippen LogP contribution in [0.3, 0.4) is 0 Å². The van der Waals surface area contributed by atoms with Gasteiger partial charge in [-0.1, -0.05) is 63.2 Å². The largest absolute Gasteiger partial charge is 0.451 e. The van der Waals surface area contributed by atoms with Crippen LogP contribution >= 0.6 is 0 Å². The standard InChI is InChI=1S/C23H27NO4S/c1-5-16-10-12-17(13-11-16)21(15(2)3)24-23(25)22-19(14-29(4,26)27)18-8-6-7-9-20(18)28-22/h6-13,15,21H,5,14H2,1-4H3,(H,24,25). The quantitative estimate of drug-likeness (QED) is 0.611. The number of hydrogen-bond acceptors (Lipinski definition) is 4. The van der Waals surface area contributed by atoms with Gasteiger partial charge >= 0.3 is 0 Å². The predicted molar refractivity (Wildman–Crippen MR) is 116 cm³/mol. The molecule has 1 aromatic heterocycles. The van der Waals surface area contributed by atoms with Gasteiger partial charge in [0.1, 0.15) is 5.58 Å². The van der Waals surface area contributed by atoms with Gasteiger partial charge in [-0.05, 0) is 29.5 Å². The summed E-state index contributed by atoms with van der Waals surface area (Å²) < 4.78 is 29.7. The molecule has 1 N–H and O–H groups in total. The van der Waals surface area contributed by atoms with E-state index in [1.807, 2.05) is 26.0 Å². The lowest BCUT2D eigenvalue weighted by Crippen LogP contribution is -2.32. The van der Waals surface area contributed by atoms with Crippen molar-refractivity contribution in [3.63, 3.8) is 0 Å². The average molecular weight is 414 g/mol.